The van der Waals surface area contributed by atoms with E-state index >= 15 is 0 Å². The van der Waals surface area contributed by atoms with Crippen molar-refractivity contribution in [3.8, 4) is 16.9 Å². The van der Waals surface area contributed by atoms with Gasteiger partial charge in [0.1, 0.15) is 11.3 Å². The van der Waals surface area contributed by atoms with Crippen molar-refractivity contribution in [1.82, 2.24) is 9.80 Å². The number of halogens is 1. The quantitative estimate of drug-likeness (QED) is 0.416. The minimum Gasteiger partial charge on any atom is -0.493 e. The molecule has 0 radical (unpaired) electrons. The Morgan fingerprint density at radius 2 is 1.85 bits per heavy atom. The Labute approximate surface area is 200 Å². The van der Waals surface area contributed by atoms with E-state index in [-0.39, 0.29) is 5.91 Å². The number of amides is 1. The molecule has 0 spiro atoms. The molecule has 0 bridgehead atoms. The van der Waals surface area contributed by atoms with Gasteiger partial charge >= 0.3 is 0 Å². The molecule has 0 aliphatic carbocycles. The number of aryl methyl sites for hydroxylation is 1. The number of likely N-dealkylation sites (N-methyl/N-ethyl adjacent to an activating group) is 1. The molecule has 4 rings (SSSR count). The summed E-state index contributed by atoms with van der Waals surface area (Å²) in [4.78, 5) is 17.3. The van der Waals surface area contributed by atoms with Crippen LogP contribution in [0.4, 0.5) is 0 Å². The molecule has 1 aliphatic rings. The molecule has 1 aromatic heterocycles. The van der Waals surface area contributed by atoms with Crippen LogP contribution in [0, 0.1) is 6.92 Å². The van der Waals surface area contributed by atoms with Crippen LogP contribution in [-0.2, 0) is 4.79 Å². The van der Waals surface area contributed by atoms with E-state index in [0.717, 1.165) is 77.3 Å². The fourth-order valence-electron chi connectivity index (χ4n) is 4.43. The van der Waals surface area contributed by atoms with Crippen LogP contribution in [0.15, 0.2) is 47.1 Å². The number of hydrogen-bond donors (Lipinski definition) is 0. The molecule has 174 valence electrons. The topological polar surface area (TPSA) is 45.9 Å². The lowest BCUT2D eigenvalue weighted by molar-refractivity contribution is -0.127. The fraction of sp³-hybridized carbons (Fsp3) is 0.370. The Bertz CT molecular complexity index is 1170. The van der Waals surface area contributed by atoms with Gasteiger partial charge in [0.15, 0.2) is 0 Å². The van der Waals surface area contributed by atoms with Crippen molar-refractivity contribution in [2.45, 2.75) is 27.7 Å². The van der Waals surface area contributed by atoms with Crippen LogP contribution in [0.25, 0.3) is 27.7 Å². The predicted molar refractivity (Wildman–Crippen MR) is 135 cm³/mol. The minimum absolute atomic E-state index is 0.0496. The summed E-state index contributed by atoms with van der Waals surface area (Å²) in [7, 11) is 0. The highest BCUT2D eigenvalue weighted by atomic mass is 35.5. The first-order valence-corrected chi connectivity index (χ1v) is 11.9. The van der Waals surface area contributed by atoms with E-state index < -0.39 is 0 Å². The number of fused-ring (bicyclic) bond motifs is 1. The molecule has 3 aromatic rings. The van der Waals surface area contributed by atoms with Gasteiger partial charge in [0.25, 0.3) is 0 Å². The van der Waals surface area contributed by atoms with Crippen LogP contribution in [0.2, 0.25) is 5.02 Å². The van der Waals surface area contributed by atoms with Gasteiger partial charge in [-0.1, -0.05) is 30.7 Å². The second-order valence-corrected chi connectivity index (χ2v) is 8.87. The van der Waals surface area contributed by atoms with E-state index in [2.05, 4.69) is 17.9 Å². The lowest BCUT2D eigenvalue weighted by atomic mass is 9.96. The van der Waals surface area contributed by atoms with Crippen molar-refractivity contribution in [1.29, 1.82) is 0 Å². The molecule has 6 heteroatoms. The molecule has 0 N–H and O–H groups in total. The Balaban J connectivity index is 1.74. The molecule has 1 fully saturated rings. The van der Waals surface area contributed by atoms with E-state index in [1.807, 2.05) is 49.9 Å². The lowest BCUT2D eigenvalue weighted by Crippen LogP contribution is -2.48. The third-order valence-electron chi connectivity index (χ3n) is 6.38. The zero-order valence-corrected chi connectivity index (χ0v) is 20.5. The van der Waals surface area contributed by atoms with Gasteiger partial charge in [-0.25, -0.2) is 0 Å². The maximum atomic E-state index is 13.0. The van der Waals surface area contributed by atoms with Gasteiger partial charge in [0.2, 0.25) is 5.91 Å². The first kappa shape index (κ1) is 23.4. The number of furan rings is 1. The number of benzene rings is 2. The van der Waals surface area contributed by atoms with E-state index in [9.17, 15) is 4.79 Å². The van der Waals surface area contributed by atoms with Crippen LogP contribution >= 0.6 is 11.6 Å². The number of ether oxygens (including phenoxy) is 1. The van der Waals surface area contributed by atoms with E-state index in [0.29, 0.717) is 11.6 Å². The average Bonchev–Trinajstić information content (AvgIpc) is 3.25. The summed E-state index contributed by atoms with van der Waals surface area (Å²) in [6.45, 7) is 13.0. The summed E-state index contributed by atoms with van der Waals surface area (Å²) in [5, 5.41) is 1.68. The van der Waals surface area contributed by atoms with Crippen LogP contribution in [0.1, 0.15) is 31.9 Å². The smallest absolute Gasteiger partial charge is 0.246 e. The Kier molecular flexibility index (Phi) is 7.11. The van der Waals surface area contributed by atoms with E-state index in [1.165, 1.54) is 0 Å². The fourth-order valence-corrected chi connectivity index (χ4v) is 4.56. The number of piperazine rings is 1. The molecule has 33 heavy (non-hydrogen) atoms. The molecule has 0 saturated carbocycles. The van der Waals surface area contributed by atoms with Gasteiger partial charge < -0.3 is 19.0 Å². The molecular weight excluding hydrogens is 436 g/mol. The van der Waals surface area contributed by atoms with Gasteiger partial charge in [-0.3, -0.25) is 4.79 Å². The van der Waals surface area contributed by atoms with Crippen LogP contribution in [0.3, 0.4) is 0 Å². The van der Waals surface area contributed by atoms with Crippen molar-refractivity contribution in [3.05, 3.63) is 58.8 Å². The van der Waals surface area contributed by atoms with Gasteiger partial charge in [-0.05, 0) is 56.7 Å². The van der Waals surface area contributed by atoms with Gasteiger partial charge in [-0.15, -0.1) is 0 Å². The third-order valence-corrected chi connectivity index (χ3v) is 6.64. The SMILES string of the molecule is CCOc1c(/C(C)=C/C(=O)N2CCN(CC)CC2)cc2c(-c3ccc(Cl)cc3)coc2c1C. The average molecular weight is 467 g/mol. The summed E-state index contributed by atoms with van der Waals surface area (Å²) in [5.41, 5.74) is 5.54. The highest BCUT2D eigenvalue weighted by molar-refractivity contribution is 6.30. The van der Waals surface area contributed by atoms with Crippen LogP contribution in [0.5, 0.6) is 5.75 Å². The lowest BCUT2D eigenvalue weighted by Gasteiger charge is -2.33. The number of allylic oxidation sites excluding steroid dienone is 1. The normalized spacial score (nSPS) is 15.3. The number of nitrogens with zero attached hydrogens (tertiary/aromatic N) is 2. The van der Waals surface area contributed by atoms with E-state index in [1.54, 1.807) is 12.3 Å². The molecular formula is C27H31ClN2O3. The highest BCUT2D eigenvalue weighted by Crippen LogP contribution is 2.41. The Morgan fingerprint density at radius 3 is 2.48 bits per heavy atom. The maximum Gasteiger partial charge on any atom is 0.246 e. The van der Waals surface area contributed by atoms with E-state index in [4.69, 9.17) is 20.8 Å². The summed E-state index contributed by atoms with van der Waals surface area (Å²) in [5.74, 6) is 0.813. The highest BCUT2D eigenvalue weighted by Gasteiger charge is 2.22. The van der Waals surface area contributed by atoms with Crippen molar-refractivity contribution < 1.29 is 13.9 Å². The first-order chi connectivity index (χ1) is 15.9. The first-order valence-electron chi connectivity index (χ1n) is 11.6. The Hall–Kier alpha value is -2.76. The van der Waals surface area contributed by atoms with Gasteiger partial charge in [0.05, 0.1) is 12.9 Å². The maximum absolute atomic E-state index is 13.0. The van der Waals surface area contributed by atoms with Gasteiger partial charge in [-0.2, -0.15) is 0 Å². The monoisotopic (exact) mass is 466 g/mol. The molecule has 1 saturated heterocycles. The van der Waals surface area contributed by atoms with Crippen LogP contribution < -0.4 is 4.74 Å². The second kappa shape index (κ2) is 10.0. The molecule has 2 heterocycles. The Morgan fingerprint density at radius 1 is 1.15 bits per heavy atom. The summed E-state index contributed by atoms with van der Waals surface area (Å²) in [6, 6.07) is 9.80. The van der Waals surface area contributed by atoms with Crippen molar-refractivity contribution in [2.75, 3.05) is 39.3 Å². The largest absolute Gasteiger partial charge is 0.493 e. The summed E-state index contributed by atoms with van der Waals surface area (Å²) >= 11 is 6.08. The molecule has 0 atom stereocenters. The number of carbonyl (C=O) groups excluding carboxylic acids is 1. The number of hydrogen-bond acceptors (Lipinski definition) is 4. The molecule has 2 aromatic carbocycles. The summed E-state index contributed by atoms with van der Waals surface area (Å²) < 4.78 is 12.0. The molecule has 0 unspecified atom stereocenters. The van der Waals surface area contributed by atoms with Gasteiger partial charge in [0, 0.05) is 59.4 Å². The number of carbonyl (C=O) groups is 1. The zero-order chi connectivity index (χ0) is 23.5. The molecule has 1 aliphatic heterocycles. The third kappa shape index (κ3) is 4.80. The van der Waals surface area contributed by atoms with Crippen molar-refractivity contribution in [3.63, 3.8) is 0 Å². The summed E-state index contributed by atoms with van der Waals surface area (Å²) in [6.07, 6.45) is 3.52. The number of rotatable bonds is 6. The van der Waals surface area contributed by atoms with Crippen molar-refractivity contribution in [2.24, 2.45) is 0 Å². The predicted octanol–water partition coefficient (Wildman–Crippen LogP) is 6.03. The minimum atomic E-state index is 0.0496. The van der Waals surface area contributed by atoms with Crippen molar-refractivity contribution >= 4 is 34.1 Å². The molecule has 5 nitrogen and oxygen atoms in total. The second-order valence-electron chi connectivity index (χ2n) is 8.43. The molecule has 1 amide bonds. The zero-order valence-electron chi connectivity index (χ0n) is 19.8. The van der Waals surface area contributed by atoms with Crippen LogP contribution in [-0.4, -0.2) is 55.0 Å². The standard InChI is InChI=1S/C27H31ClN2O3/c1-5-29-11-13-30(14-12-29)25(31)15-18(3)22-16-23-24(20-7-9-21(28)10-8-20)17-33-27(23)19(4)26(22)32-6-2/h7-10,15-17H,5-6,11-14H2,1-4H3/b18-15+.